The summed E-state index contributed by atoms with van der Waals surface area (Å²) in [5, 5.41) is 0. The van der Waals surface area contributed by atoms with Gasteiger partial charge in [-0.25, -0.2) is 0 Å². The lowest BCUT2D eigenvalue weighted by atomic mass is 10.0. The van der Waals surface area contributed by atoms with Crippen molar-refractivity contribution in [2.24, 2.45) is 0 Å². The van der Waals surface area contributed by atoms with E-state index in [1.807, 2.05) is 0 Å². The van der Waals surface area contributed by atoms with Crippen molar-refractivity contribution in [3.8, 4) is 0 Å². The van der Waals surface area contributed by atoms with Crippen molar-refractivity contribution in [1.82, 2.24) is 4.90 Å². The van der Waals surface area contributed by atoms with Gasteiger partial charge in [-0.05, 0) is 32.5 Å². The Morgan fingerprint density at radius 1 is 0.205 bits per heavy atom. The van der Waals surface area contributed by atoms with Crippen molar-refractivity contribution in [3.05, 3.63) is 0 Å². The van der Waals surface area contributed by atoms with Crippen LogP contribution in [0.2, 0.25) is 0 Å². The van der Waals surface area contributed by atoms with Crippen LogP contribution >= 0.6 is 0 Å². The van der Waals surface area contributed by atoms with Gasteiger partial charge in [0.2, 0.25) is 0 Å². The fourth-order valence-electron chi connectivity index (χ4n) is 7.08. The third-order valence-corrected chi connectivity index (χ3v) is 10.4. The summed E-state index contributed by atoms with van der Waals surface area (Å²) in [6.07, 6.45) is 54.4. The average Bonchev–Trinajstić information content (AvgIpc) is 3.04. The maximum atomic E-state index is 2.72. The molecule has 0 amide bonds. The van der Waals surface area contributed by atoms with Crippen LogP contribution in [0.25, 0.3) is 0 Å². The first-order valence-electron chi connectivity index (χ1n) is 21.6. The highest BCUT2D eigenvalue weighted by atomic mass is 15.1. The molecule has 1 heteroatoms. The summed E-state index contributed by atoms with van der Waals surface area (Å²) in [7, 11) is 0. The first-order valence-corrected chi connectivity index (χ1v) is 21.6. The van der Waals surface area contributed by atoms with Crippen LogP contribution in [-0.4, -0.2) is 24.5 Å². The third-order valence-electron chi connectivity index (χ3n) is 10.4. The van der Waals surface area contributed by atoms with E-state index in [0.29, 0.717) is 0 Å². The summed E-state index contributed by atoms with van der Waals surface area (Å²) >= 11 is 0. The first-order chi connectivity index (χ1) is 21.8. The van der Waals surface area contributed by atoms with Crippen LogP contribution in [0.4, 0.5) is 0 Å². The van der Waals surface area contributed by atoms with Gasteiger partial charge in [0.1, 0.15) is 0 Å². The topological polar surface area (TPSA) is 3.24 Å². The number of hydrogen-bond donors (Lipinski definition) is 0. The van der Waals surface area contributed by atoms with Crippen LogP contribution in [0, 0.1) is 0 Å². The zero-order valence-electron chi connectivity index (χ0n) is 31.7. The van der Waals surface area contributed by atoms with E-state index in [0.717, 1.165) is 0 Å². The zero-order chi connectivity index (χ0) is 31.9. The summed E-state index contributed by atoms with van der Waals surface area (Å²) in [5.74, 6) is 0. The van der Waals surface area contributed by atoms with Crippen molar-refractivity contribution in [1.29, 1.82) is 0 Å². The normalized spacial score (nSPS) is 11.7. The van der Waals surface area contributed by atoms with E-state index < -0.39 is 0 Å². The molecule has 0 aromatic rings. The molecule has 0 rings (SSSR count). The molecule has 1 nitrogen and oxygen atoms in total. The van der Waals surface area contributed by atoms with Crippen LogP contribution in [0.15, 0.2) is 0 Å². The molecule has 0 heterocycles. The molecule has 0 saturated carbocycles. The van der Waals surface area contributed by atoms with Crippen LogP contribution in [0.1, 0.15) is 258 Å². The summed E-state index contributed by atoms with van der Waals surface area (Å²) in [4.78, 5) is 2.72. The fourth-order valence-corrected chi connectivity index (χ4v) is 7.08. The Hall–Kier alpha value is -0.0400. The minimum absolute atomic E-state index is 1.25. The molecule has 0 aromatic heterocycles. The van der Waals surface area contributed by atoms with E-state index in [2.05, 4.69) is 25.7 Å². The summed E-state index contributed by atoms with van der Waals surface area (Å²) in [6, 6.07) is 0. The highest BCUT2D eigenvalue weighted by Gasteiger charge is 2.02. The van der Waals surface area contributed by atoms with E-state index in [1.54, 1.807) is 0 Å². The van der Waals surface area contributed by atoms with Crippen molar-refractivity contribution >= 4 is 0 Å². The lowest BCUT2D eigenvalue weighted by Gasteiger charge is -2.20. The van der Waals surface area contributed by atoms with E-state index in [1.165, 1.54) is 257 Å². The molecule has 0 aliphatic heterocycles. The molecule has 0 aromatic carbocycles. The molecular formula is C43H89N. The third kappa shape index (κ3) is 38.1. The SMILES string of the molecule is CCCCCCCCCCCCCCCCCCCCCCN(CC)CCCCCCCCCCCCCCCCCCC. The Bertz CT molecular complexity index is 474. The van der Waals surface area contributed by atoms with E-state index in [9.17, 15) is 0 Å². The molecule has 0 aliphatic carbocycles. The molecular weight excluding hydrogens is 530 g/mol. The second-order valence-electron chi connectivity index (χ2n) is 14.8. The van der Waals surface area contributed by atoms with Gasteiger partial charge >= 0.3 is 0 Å². The van der Waals surface area contributed by atoms with E-state index in [4.69, 9.17) is 0 Å². The Morgan fingerprint density at radius 3 is 0.523 bits per heavy atom. The number of nitrogens with zero attached hydrogens (tertiary/aromatic N) is 1. The van der Waals surface area contributed by atoms with Gasteiger partial charge in [0, 0.05) is 0 Å². The predicted molar refractivity (Wildman–Crippen MR) is 204 cm³/mol. The highest BCUT2D eigenvalue weighted by Crippen LogP contribution is 2.16. The van der Waals surface area contributed by atoms with Crippen LogP contribution in [-0.2, 0) is 0 Å². The van der Waals surface area contributed by atoms with Gasteiger partial charge in [-0.15, -0.1) is 0 Å². The van der Waals surface area contributed by atoms with Crippen molar-refractivity contribution in [3.63, 3.8) is 0 Å². The summed E-state index contributed by atoms with van der Waals surface area (Å²) in [5.41, 5.74) is 0. The monoisotopic (exact) mass is 620 g/mol. The molecule has 0 radical (unpaired) electrons. The molecule has 44 heavy (non-hydrogen) atoms. The fraction of sp³-hybridized carbons (Fsp3) is 1.00. The van der Waals surface area contributed by atoms with Crippen molar-refractivity contribution < 1.29 is 0 Å². The second-order valence-corrected chi connectivity index (χ2v) is 14.8. The molecule has 0 bridgehead atoms. The van der Waals surface area contributed by atoms with Crippen LogP contribution in [0.3, 0.4) is 0 Å². The molecule has 0 unspecified atom stereocenters. The predicted octanol–water partition coefficient (Wildman–Crippen LogP) is 15.8. The lowest BCUT2D eigenvalue weighted by Crippen LogP contribution is -2.25. The lowest BCUT2D eigenvalue weighted by molar-refractivity contribution is 0.273. The number of rotatable bonds is 40. The van der Waals surface area contributed by atoms with Gasteiger partial charge in [-0.1, -0.05) is 245 Å². The number of unbranched alkanes of at least 4 members (excludes halogenated alkanes) is 35. The quantitative estimate of drug-likeness (QED) is 0.0617. The average molecular weight is 620 g/mol. The second kappa shape index (κ2) is 41.0. The number of hydrogen-bond acceptors (Lipinski definition) is 1. The Morgan fingerprint density at radius 2 is 0.364 bits per heavy atom. The van der Waals surface area contributed by atoms with Crippen molar-refractivity contribution in [2.45, 2.75) is 258 Å². The molecule has 0 saturated heterocycles. The molecule has 0 fully saturated rings. The Labute approximate surface area is 282 Å². The van der Waals surface area contributed by atoms with Crippen molar-refractivity contribution in [2.75, 3.05) is 19.6 Å². The van der Waals surface area contributed by atoms with Gasteiger partial charge in [-0.2, -0.15) is 0 Å². The Kier molecular flexibility index (Phi) is 40.9. The largest absolute Gasteiger partial charge is 0.304 e. The maximum absolute atomic E-state index is 2.72. The Balaban J connectivity index is 3.24. The summed E-state index contributed by atoms with van der Waals surface area (Å²) in [6.45, 7) is 10.9. The van der Waals surface area contributed by atoms with E-state index in [-0.39, 0.29) is 0 Å². The maximum Gasteiger partial charge on any atom is -0.00189 e. The van der Waals surface area contributed by atoms with Gasteiger partial charge in [0.15, 0.2) is 0 Å². The smallest absolute Gasteiger partial charge is 0.00189 e. The van der Waals surface area contributed by atoms with Gasteiger partial charge < -0.3 is 4.90 Å². The van der Waals surface area contributed by atoms with Crippen LogP contribution < -0.4 is 0 Å². The minimum Gasteiger partial charge on any atom is -0.304 e. The molecule has 0 spiro atoms. The molecule has 0 aliphatic rings. The standard InChI is InChI=1S/C43H89N/c1-4-7-9-11-13-15-17-19-21-23-24-25-27-29-31-33-35-37-39-41-43-44(6-3)42-40-38-36-34-32-30-28-26-22-20-18-16-14-12-10-8-5-2/h4-43H2,1-3H3. The van der Waals surface area contributed by atoms with E-state index >= 15 is 0 Å². The molecule has 0 N–H and O–H groups in total. The minimum atomic E-state index is 1.25. The zero-order valence-corrected chi connectivity index (χ0v) is 31.7. The van der Waals surface area contributed by atoms with Crippen LogP contribution in [0.5, 0.6) is 0 Å². The molecule has 0 atom stereocenters. The van der Waals surface area contributed by atoms with Gasteiger partial charge in [0.05, 0.1) is 0 Å². The first kappa shape index (κ1) is 44.0. The molecule has 266 valence electrons. The van der Waals surface area contributed by atoms with Gasteiger partial charge in [0.25, 0.3) is 0 Å². The highest BCUT2D eigenvalue weighted by molar-refractivity contribution is 4.58. The van der Waals surface area contributed by atoms with Gasteiger partial charge in [-0.3, -0.25) is 0 Å². The summed E-state index contributed by atoms with van der Waals surface area (Å²) < 4.78 is 0.